The maximum Gasteiger partial charge on any atom is 0.226 e. The van der Waals surface area contributed by atoms with Gasteiger partial charge in [-0.2, -0.15) is 15.4 Å². The first-order valence-corrected chi connectivity index (χ1v) is 8.46. The zero-order valence-electron chi connectivity index (χ0n) is 14.8. The Balaban J connectivity index is 1.44. The van der Waals surface area contributed by atoms with Crippen LogP contribution in [-0.4, -0.2) is 58.7 Å². The Hall–Kier alpha value is -2.71. The summed E-state index contributed by atoms with van der Waals surface area (Å²) in [5.74, 6) is 1.62. The van der Waals surface area contributed by atoms with E-state index in [-0.39, 0.29) is 12.0 Å². The number of likely N-dealkylation sites (tertiary alicyclic amines) is 1. The van der Waals surface area contributed by atoms with E-state index in [1.165, 1.54) is 0 Å². The Bertz CT molecular complexity index is 831. The largest absolute Gasteiger partial charge is 0.497 e. The number of nitrogens with zero attached hydrogens (tertiary/aromatic N) is 4. The number of ether oxygens (including phenoxy) is 2. The fourth-order valence-electron chi connectivity index (χ4n) is 3.37. The van der Waals surface area contributed by atoms with E-state index in [4.69, 9.17) is 13.9 Å². The molecular weight excluding hydrogens is 334 g/mol. The summed E-state index contributed by atoms with van der Waals surface area (Å²) in [4.78, 5) is 6.91. The van der Waals surface area contributed by atoms with Gasteiger partial charge in [-0.3, -0.25) is 4.90 Å². The quantitative estimate of drug-likeness (QED) is 0.724. The van der Waals surface area contributed by atoms with Crippen molar-refractivity contribution in [2.75, 3.05) is 27.3 Å². The molecule has 8 heteroatoms. The SMILES string of the molecule is COc1ccc(-c2nc(CN3C[C@@H](OC)[C@H](c4cn[nH]n4)C3)co2)cc1. The molecule has 1 aromatic carbocycles. The Morgan fingerprint density at radius 2 is 2.08 bits per heavy atom. The van der Waals surface area contributed by atoms with Gasteiger partial charge in [0.25, 0.3) is 0 Å². The molecule has 0 radical (unpaired) electrons. The third-order valence-electron chi connectivity index (χ3n) is 4.73. The van der Waals surface area contributed by atoms with Gasteiger partial charge in [0, 0.05) is 38.2 Å². The maximum atomic E-state index is 5.65. The minimum Gasteiger partial charge on any atom is -0.497 e. The van der Waals surface area contributed by atoms with E-state index < -0.39 is 0 Å². The number of H-pyrrole nitrogens is 1. The van der Waals surface area contributed by atoms with Crippen LogP contribution in [0.15, 0.2) is 41.1 Å². The molecule has 0 unspecified atom stereocenters. The van der Waals surface area contributed by atoms with Crippen LogP contribution in [0.1, 0.15) is 17.3 Å². The topological polar surface area (TPSA) is 89.3 Å². The fourth-order valence-corrected chi connectivity index (χ4v) is 3.37. The monoisotopic (exact) mass is 355 g/mol. The molecule has 1 aliphatic heterocycles. The third kappa shape index (κ3) is 3.33. The maximum absolute atomic E-state index is 5.65. The first-order chi connectivity index (χ1) is 12.8. The van der Waals surface area contributed by atoms with Gasteiger partial charge >= 0.3 is 0 Å². The summed E-state index contributed by atoms with van der Waals surface area (Å²) in [5, 5.41) is 10.8. The second-order valence-corrected chi connectivity index (χ2v) is 6.34. The van der Waals surface area contributed by atoms with E-state index in [1.807, 2.05) is 24.3 Å². The summed E-state index contributed by atoms with van der Waals surface area (Å²) in [6.07, 6.45) is 3.57. The molecule has 136 valence electrons. The van der Waals surface area contributed by atoms with Gasteiger partial charge in [-0.1, -0.05) is 0 Å². The zero-order chi connectivity index (χ0) is 17.9. The van der Waals surface area contributed by atoms with E-state index >= 15 is 0 Å². The summed E-state index contributed by atoms with van der Waals surface area (Å²) in [6.45, 7) is 2.36. The number of benzene rings is 1. The number of aromatic amines is 1. The second-order valence-electron chi connectivity index (χ2n) is 6.34. The minimum absolute atomic E-state index is 0.0908. The van der Waals surface area contributed by atoms with E-state index in [0.717, 1.165) is 35.8 Å². The van der Waals surface area contributed by atoms with Crippen molar-refractivity contribution in [2.24, 2.45) is 0 Å². The van der Waals surface area contributed by atoms with E-state index in [0.29, 0.717) is 12.4 Å². The molecule has 4 rings (SSSR count). The summed E-state index contributed by atoms with van der Waals surface area (Å²) >= 11 is 0. The van der Waals surface area contributed by atoms with Crippen molar-refractivity contribution in [3.8, 4) is 17.2 Å². The highest BCUT2D eigenvalue weighted by molar-refractivity contribution is 5.54. The Morgan fingerprint density at radius 1 is 1.23 bits per heavy atom. The van der Waals surface area contributed by atoms with Gasteiger partial charge < -0.3 is 13.9 Å². The molecule has 3 aromatic rings. The lowest BCUT2D eigenvalue weighted by atomic mass is 10.0. The third-order valence-corrected chi connectivity index (χ3v) is 4.73. The summed E-state index contributed by atoms with van der Waals surface area (Å²) < 4.78 is 16.5. The summed E-state index contributed by atoms with van der Waals surface area (Å²) in [5.41, 5.74) is 2.75. The van der Waals surface area contributed by atoms with Crippen molar-refractivity contribution in [3.63, 3.8) is 0 Å². The Morgan fingerprint density at radius 3 is 2.77 bits per heavy atom. The van der Waals surface area contributed by atoms with Crippen molar-refractivity contribution < 1.29 is 13.9 Å². The lowest BCUT2D eigenvalue weighted by molar-refractivity contribution is 0.0956. The molecule has 0 amide bonds. The average molecular weight is 355 g/mol. The average Bonchev–Trinajstić information content (AvgIpc) is 3.42. The van der Waals surface area contributed by atoms with Gasteiger partial charge in [-0.05, 0) is 24.3 Å². The number of aromatic nitrogens is 4. The first-order valence-electron chi connectivity index (χ1n) is 8.46. The van der Waals surface area contributed by atoms with Crippen LogP contribution in [-0.2, 0) is 11.3 Å². The van der Waals surface area contributed by atoms with Gasteiger partial charge in [-0.15, -0.1) is 0 Å². The Labute approximate surface area is 151 Å². The Kier molecular flexibility index (Phi) is 4.68. The number of nitrogens with one attached hydrogen (secondary N) is 1. The number of oxazole rings is 1. The lowest BCUT2D eigenvalue weighted by Crippen LogP contribution is -2.22. The van der Waals surface area contributed by atoms with Crippen LogP contribution in [0.5, 0.6) is 5.75 Å². The highest BCUT2D eigenvalue weighted by atomic mass is 16.5. The summed E-state index contributed by atoms with van der Waals surface area (Å²) in [7, 11) is 3.38. The van der Waals surface area contributed by atoms with E-state index in [9.17, 15) is 0 Å². The van der Waals surface area contributed by atoms with Gasteiger partial charge in [0.05, 0.1) is 30.8 Å². The lowest BCUT2D eigenvalue weighted by Gasteiger charge is -2.13. The van der Waals surface area contributed by atoms with Crippen molar-refractivity contribution in [1.29, 1.82) is 0 Å². The molecule has 1 N–H and O–H groups in total. The number of methoxy groups -OCH3 is 2. The van der Waals surface area contributed by atoms with Crippen LogP contribution < -0.4 is 4.74 Å². The van der Waals surface area contributed by atoms with Crippen molar-refractivity contribution >= 4 is 0 Å². The molecule has 1 fully saturated rings. The van der Waals surface area contributed by atoms with E-state index in [2.05, 4.69) is 25.3 Å². The van der Waals surface area contributed by atoms with Crippen LogP contribution in [0, 0.1) is 0 Å². The molecule has 0 bridgehead atoms. The predicted octanol–water partition coefficient (Wildman–Crippen LogP) is 2.08. The molecule has 0 spiro atoms. The molecule has 1 aliphatic rings. The smallest absolute Gasteiger partial charge is 0.226 e. The van der Waals surface area contributed by atoms with Crippen LogP contribution >= 0.6 is 0 Å². The highest BCUT2D eigenvalue weighted by Gasteiger charge is 2.35. The molecule has 26 heavy (non-hydrogen) atoms. The van der Waals surface area contributed by atoms with Gasteiger partial charge in [0.2, 0.25) is 5.89 Å². The van der Waals surface area contributed by atoms with Gasteiger partial charge in [0.15, 0.2) is 0 Å². The minimum atomic E-state index is 0.0908. The van der Waals surface area contributed by atoms with Crippen LogP contribution in [0.4, 0.5) is 0 Å². The van der Waals surface area contributed by atoms with Crippen LogP contribution in [0.2, 0.25) is 0 Å². The van der Waals surface area contributed by atoms with Crippen LogP contribution in [0.25, 0.3) is 11.5 Å². The molecule has 2 aromatic heterocycles. The van der Waals surface area contributed by atoms with Crippen molar-refractivity contribution in [3.05, 3.63) is 48.1 Å². The summed E-state index contributed by atoms with van der Waals surface area (Å²) in [6, 6.07) is 7.66. The zero-order valence-corrected chi connectivity index (χ0v) is 14.8. The second kappa shape index (κ2) is 7.27. The number of hydrogen-bond acceptors (Lipinski definition) is 7. The van der Waals surface area contributed by atoms with Gasteiger partial charge in [0.1, 0.15) is 12.0 Å². The van der Waals surface area contributed by atoms with Crippen LogP contribution in [0.3, 0.4) is 0 Å². The van der Waals surface area contributed by atoms with Crippen molar-refractivity contribution in [2.45, 2.75) is 18.6 Å². The molecule has 3 heterocycles. The molecule has 0 saturated carbocycles. The normalized spacial score (nSPS) is 20.5. The number of hydrogen-bond donors (Lipinski definition) is 1. The molecular formula is C18H21N5O3. The highest BCUT2D eigenvalue weighted by Crippen LogP contribution is 2.29. The molecule has 1 saturated heterocycles. The fraction of sp³-hybridized carbons (Fsp3) is 0.389. The van der Waals surface area contributed by atoms with Gasteiger partial charge in [-0.25, -0.2) is 4.98 Å². The molecule has 8 nitrogen and oxygen atoms in total. The molecule has 0 aliphatic carbocycles. The first kappa shape index (κ1) is 16.7. The standard InChI is InChI=1S/C18H21N5O3/c1-24-14-5-3-12(4-6-14)18-20-13(11-26-18)8-23-9-15(17(10-23)25-2)16-7-19-22-21-16/h3-7,11,15,17H,8-10H2,1-2H3,(H,19,21,22)/t15-,17+/m0/s1. The van der Waals surface area contributed by atoms with Crippen molar-refractivity contribution in [1.82, 2.24) is 25.3 Å². The molecule has 2 atom stereocenters. The number of rotatable bonds is 6. The predicted molar refractivity (Wildman–Crippen MR) is 93.7 cm³/mol. The van der Waals surface area contributed by atoms with E-state index in [1.54, 1.807) is 26.7 Å².